The number of fused-ring (bicyclic) bond motifs is 2. The fraction of sp³-hybridized carbons (Fsp3) is 0.471. The minimum Gasteiger partial charge on any atom is -0.469 e. The molecule has 2 heterocycles. The summed E-state index contributed by atoms with van der Waals surface area (Å²) in [5.41, 5.74) is 5.37. The fourth-order valence-corrected chi connectivity index (χ4v) is 3.23. The number of nitrogens with zero attached hydrogens (tertiary/aromatic N) is 2. The van der Waals surface area contributed by atoms with Crippen molar-refractivity contribution in [2.24, 2.45) is 0 Å². The van der Waals surface area contributed by atoms with Crippen LogP contribution >= 0.6 is 0 Å². The molecule has 2 aromatic rings. The van der Waals surface area contributed by atoms with E-state index in [0.29, 0.717) is 6.42 Å². The molecular weight excluding hydrogens is 264 g/mol. The number of rotatable bonds is 4. The van der Waals surface area contributed by atoms with Gasteiger partial charge in [0.15, 0.2) is 0 Å². The third kappa shape index (κ3) is 2.56. The van der Waals surface area contributed by atoms with Crippen LogP contribution in [0.15, 0.2) is 18.3 Å². The number of methoxy groups -OCH3 is 1. The van der Waals surface area contributed by atoms with Crippen molar-refractivity contribution >= 4 is 16.9 Å². The summed E-state index contributed by atoms with van der Waals surface area (Å²) in [6.45, 7) is 5.14. The van der Waals surface area contributed by atoms with Crippen molar-refractivity contribution in [1.82, 2.24) is 9.47 Å². The molecule has 0 radical (unpaired) electrons. The molecule has 0 atom stereocenters. The SMILES string of the molecule is CCn1cc(CCC(=O)OC)c2cc3c(cc21)CN(C)C3. The highest BCUT2D eigenvalue weighted by Gasteiger charge is 2.19. The molecule has 0 spiro atoms. The van der Waals surface area contributed by atoms with Gasteiger partial charge in [0.1, 0.15) is 0 Å². The van der Waals surface area contributed by atoms with Crippen LogP contribution in [-0.4, -0.2) is 29.6 Å². The van der Waals surface area contributed by atoms with Gasteiger partial charge in [0.2, 0.25) is 0 Å². The summed E-state index contributed by atoms with van der Waals surface area (Å²) in [6, 6.07) is 4.63. The lowest BCUT2D eigenvalue weighted by Gasteiger charge is -2.03. The molecule has 0 bridgehead atoms. The number of esters is 1. The van der Waals surface area contributed by atoms with Crippen LogP contribution in [0.4, 0.5) is 0 Å². The third-order valence-electron chi connectivity index (χ3n) is 4.33. The molecule has 0 amide bonds. The molecule has 1 aliphatic heterocycles. The molecule has 3 rings (SSSR count). The fourth-order valence-electron chi connectivity index (χ4n) is 3.23. The zero-order valence-electron chi connectivity index (χ0n) is 13.0. The average Bonchev–Trinajstić information content (AvgIpc) is 3.00. The number of hydrogen-bond acceptors (Lipinski definition) is 3. The Morgan fingerprint density at radius 1 is 1.29 bits per heavy atom. The van der Waals surface area contributed by atoms with E-state index in [4.69, 9.17) is 4.74 Å². The molecule has 0 aliphatic carbocycles. The van der Waals surface area contributed by atoms with E-state index in [2.05, 4.69) is 41.8 Å². The summed E-state index contributed by atoms with van der Waals surface area (Å²) in [6.07, 6.45) is 3.37. The molecule has 4 heteroatoms. The minimum absolute atomic E-state index is 0.145. The monoisotopic (exact) mass is 286 g/mol. The van der Waals surface area contributed by atoms with Crippen LogP contribution in [0.25, 0.3) is 10.9 Å². The Bertz CT molecular complexity index is 688. The van der Waals surface area contributed by atoms with Crippen LogP contribution in [0.3, 0.4) is 0 Å². The summed E-state index contributed by atoms with van der Waals surface area (Å²) in [7, 11) is 3.59. The van der Waals surface area contributed by atoms with Gasteiger partial charge in [-0.05, 0) is 49.2 Å². The van der Waals surface area contributed by atoms with Crippen molar-refractivity contribution in [3.05, 3.63) is 35.0 Å². The number of aryl methyl sites for hydroxylation is 2. The Labute approximate surface area is 125 Å². The number of ether oxygens (including phenoxy) is 1. The highest BCUT2D eigenvalue weighted by atomic mass is 16.5. The van der Waals surface area contributed by atoms with Gasteiger partial charge in [-0.15, -0.1) is 0 Å². The molecule has 0 saturated carbocycles. The summed E-state index contributed by atoms with van der Waals surface area (Å²) >= 11 is 0. The predicted octanol–water partition coefficient (Wildman–Crippen LogP) is 2.71. The maximum atomic E-state index is 11.4. The second kappa shape index (κ2) is 5.53. The summed E-state index contributed by atoms with van der Waals surface area (Å²) in [5.74, 6) is -0.145. The van der Waals surface area contributed by atoms with E-state index in [0.717, 1.165) is 26.1 Å². The predicted molar refractivity (Wildman–Crippen MR) is 83.1 cm³/mol. The van der Waals surface area contributed by atoms with Crippen LogP contribution in [0, 0.1) is 0 Å². The van der Waals surface area contributed by atoms with Gasteiger partial charge in [0, 0.05) is 43.2 Å². The lowest BCUT2D eigenvalue weighted by atomic mass is 10.0. The molecule has 0 fully saturated rings. The molecule has 21 heavy (non-hydrogen) atoms. The van der Waals surface area contributed by atoms with Gasteiger partial charge in [-0.1, -0.05) is 0 Å². The topological polar surface area (TPSA) is 34.5 Å². The highest BCUT2D eigenvalue weighted by molar-refractivity contribution is 5.86. The molecule has 112 valence electrons. The number of aromatic nitrogens is 1. The zero-order chi connectivity index (χ0) is 15.0. The summed E-state index contributed by atoms with van der Waals surface area (Å²) in [4.78, 5) is 13.7. The summed E-state index contributed by atoms with van der Waals surface area (Å²) < 4.78 is 7.03. The molecule has 4 nitrogen and oxygen atoms in total. The minimum atomic E-state index is -0.145. The lowest BCUT2D eigenvalue weighted by Crippen LogP contribution is -2.07. The van der Waals surface area contributed by atoms with Gasteiger partial charge in [-0.3, -0.25) is 9.69 Å². The Kier molecular flexibility index (Phi) is 3.72. The average molecular weight is 286 g/mol. The Balaban J connectivity index is 2.01. The molecule has 0 N–H and O–H groups in total. The van der Waals surface area contributed by atoms with Crippen molar-refractivity contribution < 1.29 is 9.53 Å². The van der Waals surface area contributed by atoms with E-state index in [1.807, 2.05) is 0 Å². The van der Waals surface area contributed by atoms with E-state index < -0.39 is 0 Å². The van der Waals surface area contributed by atoms with E-state index >= 15 is 0 Å². The first kappa shape index (κ1) is 14.1. The standard InChI is InChI=1S/C17H22N2O2/c1-4-19-11-12(5-6-17(20)21-3)15-7-13-9-18(2)10-14(13)8-16(15)19/h7-8,11H,4-6,9-10H2,1-3H3. The number of hydrogen-bond donors (Lipinski definition) is 0. The molecule has 0 unspecified atom stereocenters. The first-order valence-electron chi connectivity index (χ1n) is 7.51. The first-order valence-corrected chi connectivity index (χ1v) is 7.51. The zero-order valence-corrected chi connectivity index (χ0v) is 13.0. The van der Waals surface area contributed by atoms with Gasteiger partial charge in [-0.2, -0.15) is 0 Å². The maximum Gasteiger partial charge on any atom is 0.305 e. The Morgan fingerprint density at radius 3 is 2.67 bits per heavy atom. The largest absolute Gasteiger partial charge is 0.469 e. The highest BCUT2D eigenvalue weighted by Crippen LogP contribution is 2.30. The molecule has 1 aromatic heterocycles. The normalized spacial score (nSPS) is 14.6. The smallest absolute Gasteiger partial charge is 0.305 e. The third-order valence-corrected chi connectivity index (χ3v) is 4.33. The molecule has 1 aromatic carbocycles. The lowest BCUT2D eigenvalue weighted by molar-refractivity contribution is -0.140. The van der Waals surface area contributed by atoms with E-state index in [9.17, 15) is 4.79 Å². The number of carbonyl (C=O) groups excluding carboxylic acids is 1. The van der Waals surface area contributed by atoms with Gasteiger partial charge in [0.05, 0.1) is 7.11 Å². The van der Waals surface area contributed by atoms with Gasteiger partial charge in [0.25, 0.3) is 0 Å². The van der Waals surface area contributed by atoms with Crippen LogP contribution < -0.4 is 0 Å². The second-order valence-corrected chi connectivity index (χ2v) is 5.83. The maximum absolute atomic E-state index is 11.4. The Hall–Kier alpha value is -1.81. The van der Waals surface area contributed by atoms with Crippen LogP contribution in [0.1, 0.15) is 30.0 Å². The van der Waals surface area contributed by atoms with E-state index in [1.165, 1.54) is 34.7 Å². The molecule has 0 saturated heterocycles. The number of benzene rings is 1. The second-order valence-electron chi connectivity index (χ2n) is 5.83. The Morgan fingerprint density at radius 2 is 2.00 bits per heavy atom. The van der Waals surface area contributed by atoms with Crippen molar-refractivity contribution in [3.8, 4) is 0 Å². The van der Waals surface area contributed by atoms with Crippen molar-refractivity contribution in [2.75, 3.05) is 14.2 Å². The van der Waals surface area contributed by atoms with E-state index in [1.54, 1.807) is 0 Å². The van der Waals surface area contributed by atoms with E-state index in [-0.39, 0.29) is 5.97 Å². The van der Waals surface area contributed by atoms with Crippen molar-refractivity contribution in [1.29, 1.82) is 0 Å². The van der Waals surface area contributed by atoms with Crippen molar-refractivity contribution in [3.63, 3.8) is 0 Å². The summed E-state index contributed by atoms with van der Waals surface area (Å²) in [5, 5.41) is 1.29. The number of carbonyl (C=O) groups is 1. The van der Waals surface area contributed by atoms with Crippen LogP contribution in [-0.2, 0) is 35.6 Å². The van der Waals surface area contributed by atoms with Gasteiger partial charge in [-0.25, -0.2) is 0 Å². The van der Waals surface area contributed by atoms with Gasteiger partial charge >= 0.3 is 5.97 Å². The van der Waals surface area contributed by atoms with Crippen LogP contribution in [0.2, 0.25) is 0 Å². The molecular formula is C17H22N2O2. The quantitative estimate of drug-likeness (QED) is 0.811. The molecule has 1 aliphatic rings. The van der Waals surface area contributed by atoms with Crippen LogP contribution in [0.5, 0.6) is 0 Å². The first-order chi connectivity index (χ1) is 10.1. The van der Waals surface area contributed by atoms with Crippen molar-refractivity contribution in [2.45, 2.75) is 39.4 Å². The van der Waals surface area contributed by atoms with Gasteiger partial charge < -0.3 is 9.30 Å².